The van der Waals surface area contributed by atoms with Gasteiger partial charge in [-0.3, -0.25) is 0 Å². The van der Waals surface area contributed by atoms with Crippen molar-refractivity contribution in [3.8, 4) is 17.0 Å². The highest BCUT2D eigenvalue weighted by Crippen LogP contribution is 2.34. The molecule has 2 rings (SSSR count). The Balaban J connectivity index is 2.41. The molecule has 0 aromatic carbocycles. The number of nitrogens with one attached hydrogen (secondary N) is 1. The van der Waals surface area contributed by atoms with Crippen molar-refractivity contribution in [2.24, 2.45) is 0 Å². The molecule has 4 nitrogen and oxygen atoms in total. The quantitative estimate of drug-likeness (QED) is 0.898. The summed E-state index contributed by atoms with van der Waals surface area (Å²) in [6.45, 7) is 5.07. The maximum Gasteiger partial charge on any atom is 0.187 e. The van der Waals surface area contributed by atoms with Gasteiger partial charge in [0.05, 0.1) is 7.11 Å². The molecule has 0 radical (unpaired) electrons. The molecule has 0 saturated heterocycles. The van der Waals surface area contributed by atoms with E-state index in [1.807, 2.05) is 0 Å². The van der Waals surface area contributed by atoms with Crippen molar-refractivity contribution in [1.82, 2.24) is 9.97 Å². The van der Waals surface area contributed by atoms with E-state index >= 15 is 0 Å². The van der Waals surface area contributed by atoms with Crippen LogP contribution in [0.2, 0.25) is 0 Å². The number of rotatable bonds is 5. The summed E-state index contributed by atoms with van der Waals surface area (Å²) in [4.78, 5) is 9.83. The Kier molecular flexibility index (Phi) is 4.15. The van der Waals surface area contributed by atoms with Gasteiger partial charge in [0.15, 0.2) is 11.6 Å². The predicted molar refractivity (Wildman–Crippen MR) is 75.4 cm³/mol. The number of anilines is 1. The summed E-state index contributed by atoms with van der Waals surface area (Å²) in [5.41, 5.74) is 1.92. The van der Waals surface area contributed by atoms with E-state index in [1.54, 1.807) is 24.8 Å². The first kappa shape index (κ1) is 12.8. The van der Waals surface area contributed by atoms with Crippen LogP contribution in [0.3, 0.4) is 0 Å². The highest BCUT2D eigenvalue weighted by molar-refractivity contribution is 7.10. The minimum atomic E-state index is 0.712. The minimum Gasteiger partial charge on any atom is -0.491 e. The standard InChI is InChI=1S/C13H17N3OS/c1-4-5-14-13-12(17-3)11(15-8-16-13)10-6-9(2)18-7-10/h6-8H,4-5H2,1-3H3,(H,14,15,16). The van der Waals surface area contributed by atoms with Crippen molar-refractivity contribution in [3.05, 3.63) is 22.7 Å². The van der Waals surface area contributed by atoms with E-state index in [4.69, 9.17) is 4.74 Å². The molecule has 0 bridgehead atoms. The molecule has 18 heavy (non-hydrogen) atoms. The number of methoxy groups -OCH3 is 1. The number of ether oxygens (including phenoxy) is 1. The molecule has 0 aliphatic rings. The summed E-state index contributed by atoms with van der Waals surface area (Å²) < 4.78 is 5.45. The monoisotopic (exact) mass is 263 g/mol. The molecule has 2 aromatic rings. The lowest BCUT2D eigenvalue weighted by Gasteiger charge is -2.11. The van der Waals surface area contributed by atoms with Crippen LogP contribution in [0.15, 0.2) is 17.8 Å². The molecule has 5 heteroatoms. The molecular formula is C13H17N3OS. The van der Waals surface area contributed by atoms with Crippen LogP contribution in [0.5, 0.6) is 5.75 Å². The molecule has 2 aromatic heterocycles. The van der Waals surface area contributed by atoms with E-state index in [0.717, 1.165) is 30.0 Å². The molecule has 2 heterocycles. The zero-order valence-corrected chi connectivity index (χ0v) is 11.7. The van der Waals surface area contributed by atoms with Crippen molar-refractivity contribution in [3.63, 3.8) is 0 Å². The third kappa shape index (κ3) is 2.61. The fraction of sp³-hybridized carbons (Fsp3) is 0.385. The van der Waals surface area contributed by atoms with Crippen LogP contribution >= 0.6 is 11.3 Å². The lowest BCUT2D eigenvalue weighted by atomic mass is 10.2. The van der Waals surface area contributed by atoms with Crippen LogP contribution in [-0.4, -0.2) is 23.6 Å². The highest BCUT2D eigenvalue weighted by Gasteiger charge is 2.14. The van der Waals surface area contributed by atoms with Crippen molar-refractivity contribution in [2.45, 2.75) is 20.3 Å². The maximum absolute atomic E-state index is 5.45. The molecule has 0 amide bonds. The smallest absolute Gasteiger partial charge is 0.187 e. The van der Waals surface area contributed by atoms with Crippen LogP contribution in [0, 0.1) is 6.92 Å². The molecule has 0 spiro atoms. The first-order chi connectivity index (χ1) is 8.76. The van der Waals surface area contributed by atoms with E-state index in [0.29, 0.717) is 5.75 Å². The Hall–Kier alpha value is -1.62. The first-order valence-electron chi connectivity index (χ1n) is 5.94. The Bertz CT molecular complexity index is 525. The van der Waals surface area contributed by atoms with Gasteiger partial charge in [0.1, 0.15) is 12.0 Å². The summed E-state index contributed by atoms with van der Waals surface area (Å²) in [6, 6.07) is 2.11. The number of aryl methyl sites for hydroxylation is 1. The third-order valence-corrected chi connectivity index (χ3v) is 3.42. The van der Waals surface area contributed by atoms with Crippen LogP contribution in [-0.2, 0) is 0 Å². The Morgan fingerprint density at radius 3 is 2.83 bits per heavy atom. The Morgan fingerprint density at radius 2 is 2.22 bits per heavy atom. The maximum atomic E-state index is 5.45. The van der Waals surface area contributed by atoms with Crippen molar-refractivity contribution >= 4 is 17.2 Å². The van der Waals surface area contributed by atoms with E-state index in [9.17, 15) is 0 Å². The lowest BCUT2D eigenvalue weighted by molar-refractivity contribution is 0.414. The zero-order chi connectivity index (χ0) is 13.0. The van der Waals surface area contributed by atoms with E-state index in [1.165, 1.54) is 4.88 Å². The van der Waals surface area contributed by atoms with Gasteiger partial charge in [0, 0.05) is 22.4 Å². The minimum absolute atomic E-state index is 0.712. The van der Waals surface area contributed by atoms with Crippen LogP contribution in [0.25, 0.3) is 11.3 Å². The number of hydrogen-bond donors (Lipinski definition) is 1. The number of nitrogens with zero attached hydrogens (tertiary/aromatic N) is 2. The SMILES string of the molecule is CCCNc1ncnc(-c2csc(C)c2)c1OC. The van der Waals surface area contributed by atoms with Gasteiger partial charge in [-0.15, -0.1) is 11.3 Å². The molecule has 0 unspecified atom stereocenters. The Morgan fingerprint density at radius 1 is 1.39 bits per heavy atom. The summed E-state index contributed by atoms with van der Waals surface area (Å²) in [5, 5.41) is 5.35. The van der Waals surface area contributed by atoms with Crippen molar-refractivity contribution in [1.29, 1.82) is 0 Å². The number of aromatic nitrogens is 2. The second-order valence-electron chi connectivity index (χ2n) is 3.98. The summed E-state index contributed by atoms with van der Waals surface area (Å²) in [6.07, 6.45) is 2.61. The van der Waals surface area contributed by atoms with Crippen LogP contribution in [0.4, 0.5) is 5.82 Å². The fourth-order valence-electron chi connectivity index (χ4n) is 1.71. The summed E-state index contributed by atoms with van der Waals surface area (Å²) in [7, 11) is 1.65. The molecule has 0 fully saturated rings. The fourth-order valence-corrected chi connectivity index (χ4v) is 2.40. The van der Waals surface area contributed by atoms with E-state index in [2.05, 4.69) is 40.6 Å². The molecular weight excluding hydrogens is 246 g/mol. The zero-order valence-electron chi connectivity index (χ0n) is 10.9. The largest absolute Gasteiger partial charge is 0.491 e. The first-order valence-corrected chi connectivity index (χ1v) is 6.82. The average Bonchev–Trinajstić information content (AvgIpc) is 2.82. The van der Waals surface area contributed by atoms with Gasteiger partial charge in [-0.25, -0.2) is 9.97 Å². The topological polar surface area (TPSA) is 47.0 Å². The lowest BCUT2D eigenvalue weighted by Crippen LogP contribution is -2.05. The molecule has 96 valence electrons. The summed E-state index contributed by atoms with van der Waals surface area (Å²) in [5.74, 6) is 1.47. The van der Waals surface area contributed by atoms with Gasteiger partial charge in [-0.1, -0.05) is 6.92 Å². The van der Waals surface area contributed by atoms with Gasteiger partial charge in [-0.2, -0.15) is 0 Å². The molecule has 0 atom stereocenters. The normalized spacial score (nSPS) is 10.4. The molecule has 0 aliphatic heterocycles. The van der Waals surface area contributed by atoms with Gasteiger partial charge in [0.2, 0.25) is 0 Å². The van der Waals surface area contributed by atoms with Crippen LogP contribution in [0.1, 0.15) is 18.2 Å². The number of hydrogen-bond acceptors (Lipinski definition) is 5. The van der Waals surface area contributed by atoms with E-state index in [-0.39, 0.29) is 0 Å². The average molecular weight is 263 g/mol. The predicted octanol–water partition coefficient (Wildman–Crippen LogP) is 3.34. The number of thiophene rings is 1. The van der Waals surface area contributed by atoms with Crippen LogP contribution < -0.4 is 10.1 Å². The van der Waals surface area contributed by atoms with E-state index < -0.39 is 0 Å². The van der Waals surface area contributed by atoms with Gasteiger partial charge < -0.3 is 10.1 Å². The summed E-state index contributed by atoms with van der Waals surface area (Å²) >= 11 is 1.71. The molecule has 0 aliphatic carbocycles. The van der Waals surface area contributed by atoms with Gasteiger partial charge >= 0.3 is 0 Å². The third-order valence-electron chi connectivity index (χ3n) is 2.55. The highest BCUT2D eigenvalue weighted by atomic mass is 32.1. The van der Waals surface area contributed by atoms with Gasteiger partial charge in [0.25, 0.3) is 0 Å². The van der Waals surface area contributed by atoms with Gasteiger partial charge in [-0.05, 0) is 19.4 Å². The molecule has 1 N–H and O–H groups in total. The second-order valence-corrected chi connectivity index (χ2v) is 5.09. The molecule has 0 saturated carbocycles. The van der Waals surface area contributed by atoms with Crippen molar-refractivity contribution < 1.29 is 4.74 Å². The second kappa shape index (κ2) is 5.82. The van der Waals surface area contributed by atoms with Crippen molar-refractivity contribution in [2.75, 3.05) is 19.0 Å². The Labute approximate surface area is 111 Å².